The van der Waals surface area contributed by atoms with Gasteiger partial charge in [0.1, 0.15) is 0 Å². The second-order valence-corrected chi connectivity index (χ2v) is 8.39. The van der Waals surface area contributed by atoms with E-state index in [1.54, 1.807) is 12.4 Å². The van der Waals surface area contributed by atoms with Crippen LogP contribution in [0.3, 0.4) is 0 Å². The molecule has 148 valence electrons. The van der Waals surface area contributed by atoms with E-state index in [1.165, 1.54) is 19.3 Å². The van der Waals surface area contributed by atoms with E-state index >= 15 is 0 Å². The second kappa shape index (κ2) is 8.10. The molecule has 0 aliphatic carbocycles. The van der Waals surface area contributed by atoms with Crippen LogP contribution in [-0.4, -0.2) is 82.7 Å². The lowest BCUT2D eigenvalue weighted by Crippen LogP contribution is -2.60. The predicted octanol–water partition coefficient (Wildman–Crippen LogP) is 1.14. The highest BCUT2D eigenvalue weighted by Crippen LogP contribution is 2.39. The maximum Gasteiger partial charge on any atom is 0.236 e. The average molecular weight is 374 g/mol. The van der Waals surface area contributed by atoms with Crippen LogP contribution in [0, 0.1) is 5.41 Å². The molecule has 3 saturated heterocycles. The highest BCUT2D eigenvalue weighted by atomic mass is 16.3. The first-order valence-electron chi connectivity index (χ1n) is 10.4. The van der Waals surface area contributed by atoms with E-state index in [9.17, 15) is 9.90 Å². The number of nitrogens with zero attached hydrogens (tertiary/aromatic N) is 5. The van der Waals surface area contributed by atoms with Crippen molar-refractivity contribution in [1.29, 1.82) is 0 Å². The van der Waals surface area contributed by atoms with Crippen LogP contribution in [0.15, 0.2) is 18.5 Å². The number of amides is 1. The number of anilines is 1. The Morgan fingerprint density at radius 2 is 1.85 bits per heavy atom. The lowest BCUT2D eigenvalue weighted by Gasteiger charge is -2.51. The predicted molar refractivity (Wildman–Crippen MR) is 103 cm³/mol. The van der Waals surface area contributed by atoms with Crippen LogP contribution in [0.5, 0.6) is 0 Å². The molecule has 1 spiro atoms. The molecule has 1 N–H and O–H groups in total. The van der Waals surface area contributed by atoms with E-state index in [0.29, 0.717) is 26.1 Å². The number of carbonyl (C=O) groups excluding carboxylic acids is 1. The molecule has 1 amide bonds. The van der Waals surface area contributed by atoms with E-state index in [1.807, 2.05) is 11.0 Å². The number of rotatable bonds is 3. The van der Waals surface area contributed by atoms with Crippen LogP contribution in [-0.2, 0) is 4.79 Å². The lowest BCUT2D eigenvalue weighted by molar-refractivity contribution is -0.139. The van der Waals surface area contributed by atoms with Crippen LogP contribution in [0.25, 0.3) is 0 Å². The van der Waals surface area contributed by atoms with Crippen LogP contribution >= 0.6 is 0 Å². The van der Waals surface area contributed by atoms with Gasteiger partial charge in [-0.25, -0.2) is 9.97 Å². The number of likely N-dealkylation sites (tertiary alicyclic amines) is 2. The molecule has 2 atom stereocenters. The fourth-order valence-electron chi connectivity index (χ4n) is 4.96. The summed E-state index contributed by atoms with van der Waals surface area (Å²) < 4.78 is 0. The summed E-state index contributed by atoms with van der Waals surface area (Å²) in [6.45, 7) is 5.52. The monoisotopic (exact) mass is 373 g/mol. The van der Waals surface area contributed by atoms with Gasteiger partial charge < -0.3 is 14.9 Å². The highest BCUT2D eigenvalue weighted by molar-refractivity contribution is 5.78. The van der Waals surface area contributed by atoms with Gasteiger partial charge in [-0.1, -0.05) is 6.42 Å². The Morgan fingerprint density at radius 1 is 1.07 bits per heavy atom. The zero-order valence-electron chi connectivity index (χ0n) is 16.1. The van der Waals surface area contributed by atoms with Gasteiger partial charge in [-0.15, -0.1) is 0 Å². The number of carbonyl (C=O) groups is 1. The third kappa shape index (κ3) is 4.09. The summed E-state index contributed by atoms with van der Waals surface area (Å²) in [4.78, 5) is 28.1. The Labute approximate surface area is 161 Å². The van der Waals surface area contributed by atoms with Gasteiger partial charge in [0.2, 0.25) is 11.9 Å². The quantitative estimate of drug-likeness (QED) is 0.857. The van der Waals surface area contributed by atoms with Gasteiger partial charge in [-0.05, 0) is 51.3 Å². The molecule has 27 heavy (non-hydrogen) atoms. The fourth-order valence-corrected chi connectivity index (χ4v) is 4.96. The fraction of sp³-hybridized carbons (Fsp3) is 0.750. The molecule has 3 aliphatic heterocycles. The molecular formula is C20H31N5O2. The van der Waals surface area contributed by atoms with E-state index in [2.05, 4.69) is 19.8 Å². The van der Waals surface area contributed by atoms with Crippen molar-refractivity contribution in [2.45, 2.75) is 44.6 Å². The Morgan fingerprint density at radius 3 is 2.63 bits per heavy atom. The van der Waals surface area contributed by atoms with Gasteiger partial charge in [-0.3, -0.25) is 9.69 Å². The van der Waals surface area contributed by atoms with Crippen LogP contribution in [0.4, 0.5) is 5.95 Å². The maximum atomic E-state index is 12.9. The normalized spacial score (nSPS) is 29.9. The SMILES string of the molecule is O=C(CN1CCCCC1)N1CCC[C@]2(C1)CN(c1ncccn1)CC[C@H]2O. The zero-order chi connectivity index (χ0) is 18.7. The smallest absolute Gasteiger partial charge is 0.236 e. The standard InChI is InChI=1S/C20H31N5O2/c26-17-6-13-25(19-21-8-5-9-22-19)16-20(17)7-4-12-24(15-20)18(27)14-23-10-2-1-3-11-23/h5,8-9,17,26H,1-4,6-7,10-16H2/t17-,20+/m1/s1. The number of hydrogen-bond donors (Lipinski definition) is 1. The largest absolute Gasteiger partial charge is 0.392 e. The van der Waals surface area contributed by atoms with Crippen molar-refractivity contribution in [3.8, 4) is 0 Å². The van der Waals surface area contributed by atoms with E-state index in [-0.39, 0.29) is 17.4 Å². The first kappa shape index (κ1) is 18.6. The van der Waals surface area contributed by atoms with Crippen molar-refractivity contribution >= 4 is 11.9 Å². The van der Waals surface area contributed by atoms with Crippen molar-refractivity contribution in [2.24, 2.45) is 5.41 Å². The van der Waals surface area contributed by atoms with Crippen molar-refractivity contribution < 1.29 is 9.90 Å². The minimum Gasteiger partial charge on any atom is -0.392 e. The van der Waals surface area contributed by atoms with Crippen molar-refractivity contribution in [3.05, 3.63) is 18.5 Å². The molecule has 4 heterocycles. The van der Waals surface area contributed by atoms with Gasteiger partial charge in [0.15, 0.2) is 0 Å². The summed E-state index contributed by atoms with van der Waals surface area (Å²) >= 11 is 0. The minimum absolute atomic E-state index is 0.219. The summed E-state index contributed by atoms with van der Waals surface area (Å²) in [5, 5.41) is 10.9. The van der Waals surface area contributed by atoms with Gasteiger partial charge in [0.05, 0.1) is 12.6 Å². The molecule has 0 bridgehead atoms. The Balaban J connectivity index is 1.43. The van der Waals surface area contributed by atoms with Crippen LogP contribution < -0.4 is 4.90 Å². The van der Waals surface area contributed by atoms with Crippen molar-refractivity contribution in [3.63, 3.8) is 0 Å². The molecule has 0 aromatic carbocycles. The van der Waals surface area contributed by atoms with Gasteiger partial charge in [-0.2, -0.15) is 0 Å². The first-order chi connectivity index (χ1) is 13.2. The molecule has 3 fully saturated rings. The van der Waals surface area contributed by atoms with Crippen molar-refractivity contribution in [2.75, 3.05) is 50.7 Å². The third-order valence-electron chi connectivity index (χ3n) is 6.49. The highest BCUT2D eigenvalue weighted by Gasteiger charge is 2.46. The molecule has 3 aliphatic rings. The molecular weight excluding hydrogens is 342 g/mol. The molecule has 0 unspecified atom stereocenters. The van der Waals surface area contributed by atoms with Crippen LogP contribution in [0.2, 0.25) is 0 Å². The summed E-state index contributed by atoms with van der Waals surface area (Å²) in [5.74, 6) is 0.941. The molecule has 0 radical (unpaired) electrons. The van der Waals surface area contributed by atoms with Gasteiger partial charge in [0.25, 0.3) is 0 Å². The average Bonchev–Trinajstić information content (AvgIpc) is 2.72. The third-order valence-corrected chi connectivity index (χ3v) is 6.49. The number of aliphatic hydroxyl groups excluding tert-OH is 1. The Kier molecular flexibility index (Phi) is 5.59. The molecule has 1 aromatic heterocycles. The summed E-state index contributed by atoms with van der Waals surface area (Å²) in [6, 6.07) is 1.82. The zero-order valence-corrected chi connectivity index (χ0v) is 16.1. The Hall–Kier alpha value is -1.73. The molecule has 7 heteroatoms. The maximum absolute atomic E-state index is 12.9. The number of aliphatic hydroxyl groups is 1. The number of hydrogen-bond acceptors (Lipinski definition) is 6. The van der Waals surface area contributed by atoms with Crippen LogP contribution in [0.1, 0.15) is 38.5 Å². The van der Waals surface area contributed by atoms with E-state index in [4.69, 9.17) is 0 Å². The topological polar surface area (TPSA) is 72.8 Å². The van der Waals surface area contributed by atoms with E-state index < -0.39 is 0 Å². The van der Waals surface area contributed by atoms with Gasteiger partial charge in [0, 0.05) is 44.0 Å². The number of aromatic nitrogens is 2. The summed E-state index contributed by atoms with van der Waals surface area (Å²) in [6.07, 6.45) is 9.42. The van der Waals surface area contributed by atoms with Gasteiger partial charge >= 0.3 is 0 Å². The first-order valence-corrected chi connectivity index (χ1v) is 10.4. The molecule has 7 nitrogen and oxygen atoms in total. The number of piperidine rings is 3. The summed E-state index contributed by atoms with van der Waals surface area (Å²) in [7, 11) is 0. The van der Waals surface area contributed by atoms with E-state index in [0.717, 1.165) is 45.0 Å². The minimum atomic E-state index is -0.372. The second-order valence-electron chi connectivity index (χ2n) is 8.39. The Bertz CT molecular complexity index is 637. The molecule has 4 rings (SSSR count). The molecule has 1 aromatic rings. The summed E-state index contributed by atoms with van der Waals surface area (Å²) in [5.41, 5.74) is -0.271. The molecule has 0 saturated carbocycles. The lowest BCUT2D eigenvalue weighted by atomic mass is 9.71. The van der Waals surface area contributed by atoms with Crippen molar-refractivity contribution in [1.82, 2.24) is 19.8 Å².